The minimum atomic E-state index is -0.465. The van der Waals surface area contributed by atoms with Gasteiger partial charge < -0.3 is 13.9 Å². The van der Waals surface area contributed by atoms with Crippen LogP contribution in [0.15, 0.2) is 50.4 Å². The van der Waals surface area contributed by atoms with Crippen molar-refractivity contribution in [1.82, 2.24) is 5.43 Å². The number of hydrogen-bond donors (Lipinski definition) is 1. The van der Waals surface area contributed by atoms with Gasteiger partial charge in [0, 0.05) is 21.5 Å². The van der Waals surface area contributed by atoms with Crippen LogP contribution in [-0.2, 0) is 0 Å². The molecule has 1 heterocycles. The van der Waals surface area contributed by atoms with Crippen molar-refractivity contribution in [3.63, 3.8) is 0 Å². The van der Waals surface area contributed by atoms with E-state index < -0.39 is 5.91 Å². The van der Waals surface area contributed by atoms with Crippen molar-refractivity contribution < 1.29 is 18.7 Å². The Balaban J connectivity index is 1.75. The van der Waals surface area contributed by atoms with Crippen molar-refractivity contribution in [2.24, 2.45) is 5.10 Å². The third-order valence-electron chi connectivity index (χ3n) is 3.65. The Morgan fingerprint density at radius 3 is 2.85 bits per heavy atom. The zero-order valence-electron chi connectivity index (χ0n) is 14.6. The van der Waals surface area contributed by atoms with Gasteiger partial charge in [0.05, 0.1) is 25.0 Å². The third kappa shape index (κ3) is 4.43. The van der Waals surface area contributed by atoms with Gasteiger partial charge in [0.1, 0.15) is 5.58 Å². The highest BCUT2D eigenvalue weighted by Gasteiger charge is 2.12. The predicted octanol–water partition coefficient (Wildman–Crippen LogP) is 5.02. The van der Waals surface area contributed by atoms with Crippen molar-refractivity contribution in [1.29, 1.82) is 0 Å². The summed E-state index contributed by atoms with van der Waals surface area (Å²) in [6.07, 6.45) is 1.43. The fourth-order valence-corrected chi connectivity index (χ4v) is 3.00. The molecule has 1 aromatic heterocycles. The number of halogens is 2. The number of hydrogen-bond acceptors (Lipinski definition) is 5. The first kappa shape index (κ1) is 19.3. The van der Waals surface area contributed by atoms with Crippen molar-refractivity contribution >= 4 is 50.6 Å². The topological polar surface area (TPSA) is 73.1 Å². The van der Waals surface area contributed by atoms with Gasteiger partial charge in [0.2, 0.25) is 0 Å². The second-order valence-corrected chi connectivity index (χ2v) is 6.77. The molecule has 140 valence electrons. The number of benzene rings is 2. The maximum absolute atomic E-state index is 12.2. The van der Waals surface area contributed by atoms with Gasteiger partial charge in [-0.3, -0.25) is 4.79 Å². The quantitative estimate of drug-likeness (QED) is 0.422. The molecule has 6 nitrogen and oxygen atoms in total. The zero-order chi connectivity index (χ0) is 19.4. The summed E-state index contributed by atoms with van der Waals surface area (Å²) in [5.41, 5.74) is 3.61. The van der Waals surface area contributed by atoms with Gasteiger partial charge in [-0.05, 0) is 37.3 Å². The molecule has 3 rings (SSSR count). The van der Waals surface area contributed by atoms with Crippen LogP contribution >= 0.6 is 27.5 Å². The molecular formula is C19H16BrClN2O4. The van der Waals surface area contributed by atoms with Gasteiger partial charge >= 0.3 is 5.91 Å². The summed E-state index contributed by atoms with van der Waals surface area (Å²) in [7, 11) is 1.54. The largest absolute Gasteiger partial charge is 0.493 e. The minimum absolute atomic E-state index is 0.163. The number of carbonyl (C=O) groups is 1. The van der Waals surface area contributed by atoms with Crippen molar-refractivity contribution in [2.75, 3.05) is 13.7 Å². The standard InChI is InChI=1S/C19H16BrClN2O4/c1-3-26-17-9-14(21)12(8-16(17)25-2)10-22-23-19(24)18-7-11-6-13(20)4-5-15(11)27-18/h4-10H,3H2,1-2H3,(H,23,24)/b22-10+. The summed E-state index contributed by atoms with van der Waals surface area (Å²) in [4.78, 5) is 12.2. The Labute approximate surface area is 169 Å². The molecule has 2 aromatic carbocycles. The minimum Gasteiger partial charge on any atom is -0.493 e. The van der Waals surface area contributed by atoms with Crippen LogP contribution in [-0.4, -0.2) is 25.8 Å². The number of furan rings is 1. The summed E-state index contributed by atoms with van der Waals surface area (Å²) < 4.78 is 17.2. The van der Waals surface area contributed by atoms with Crippen LogP contribution in [0, 0.1) is 0 Å². The molecule has 0 fully saturated rings. The van der Waals surface area contributed by atoms with Crippen LogP contribution in [0.3, 0.4) is 0 Å². The second kappa shape index (κ2) is 8.45. The molecule has 0 atom stereocenters. The second-order valence-electron chi connectivity index (χ2n) is 5.45. The van der Waals surface area contributed by atoms with Gasteiger partial charge in [-0.2, -0.15) is 5.10 Å². The maximum atomic E-state index is 12.2. The van der Waals surface area contributed by atoms with Crippen LogP contribution in [0.25, 0.3) is 11.0 Å². The van der Waals surface area contributed by atoms with E-state index in [1.807, 2.05) is 19.1 Å². The maximum Gasteiger partial charge on any atom is 0.307 e. The number of fused-ring (bicyclic) bond motifs is 1. The third-order valence-corrected chi connectivity index (χ3v) is 4.48. The Bertz CT molecular complexity index is 1020. The average molecular weight is 452 g/mol. The van der Waals surface area contributed by atoms with E-state index >= 15 is 0 Å². The molecule has 0 aliphatic heterocycles. The monoisotopic (exact) mass is 450 g/mol. The van der Waals surface area contributed by atoms with E-state index in [-0.39, 0.29) is 5.76 Å². The molecule has 8 heteroatoms. The molecular weight excluding hydrogens is 436 g/mol. The first-order chi connectivity index (χ1) is 13.0. The lowest BCUT2D eigenvalue weighted by molar-refractivity contribution is 0.0929. The lowest BCUT2D eigenvalue weighted by Crippen LogP contribution is -2.16. The molecule has 0 aliphatic rings. The van der Waals surface area contributed by atoms with Crippen LogP contribution in [0.5, 0.6) is 11.5 Å². The lowest BCUT2D eigenvalue weighted by Gasteiger charge is -2.10. The molecule has 1 N–H and O–H groups in total. The summed E-state index contributed by atoms with van der Waals surface area (Å²) in [6.45, 7) is 2.36. The Kier molecular flexibility index (Phi) is 6.03. The van der Waals surface area contributed by atoms with Crippen LogP contribution in [0.1, 0.15) is 23.0 Å². The zero-order valence-corrected chi connectivity index (χ0v) is 16.9. The molecule has 27 heavy (non-hydrogen) atoms. The molecule has 0 bridgehead atoms. The fraction of sp³-hybridized carbons (Fsp3) is 0.158. The normalized spacial score (nSPS) is 11.1. The number of rotatable bonds is 6. The average Bonchev–Trinajstić information content (AvgIpc) is 3.07. The van der Waals surface area contributed by atoms with E-state index in [0.29, 0.717) is 34.3 Å². The SMILES string of the molecule is CCOc1cc(Cl)c(/C=N/NC(=O)c2cc3cc(Br)ccc3o2)cc1OC. The molecule has 0 unspecified atom stereocenters. The number of nitrogens with zero attached hydrogens (tertiary/aromatic N) is 1. The van der Waals surface area contributed by atoms with E-state index in [1.54, 1.807) is 24.3 Å². The van der Waals surface area contributed by atoms with E-state index in [0.717, 1.165) is 9.86 Å². The smallest absolute Gasteiger partial charge is 0.307 e. The molecule has 0 saturated heterocycles. The van der Waals surface area contributed by atoms with Crippen LogP contribution in [0.2, 0.25) is 5.02 Å². The lowest BCUT2D eigenvalue weighted by atomic mass is 10.2. The molecule has 0 aliphatic carbocycles. The number of methoxy groups -OCH3 is 1. The van der Waals surface area contributed by atoms with Crippen molar-refractivity contribution in [2.45, 2.75) is 6.92 Å². The van der Waals surface area contributed by atoms with Gasteiger partial charge in [-0.1, -0.05) is 27.5 Å². The fourth-order valence-electron chi connectivity index (χ4n) is 2.42. The molecule has 0 spiro atoms. The molecule has 3 aromatic rings. The highest BCUT2D eigenvalue weighted by atomic mass is 79.9. The van der Waals surface area contributed by atoms with E-state index in [1.165, 1.54) is 13.3 Å². The number of nitrogens with one attached hydrogen (secondary N) is 1. The Morgan fingerprint density at radius 1 is 1.30 bits per heavy atom. The van der Waals surface area contributed by atoms with Gasteiger partial charge in [0.15, 0.2) is 17.3 Å². The van der Waals surface area contributed by atoms with Gasteiger partial charge in [-0.25, -0.2) is 5.43 Å². The molecule has 0 radical (unpaired) electrons. The van der Waals surface area contributed by atoms with Crippen LogP contribution < -0.4 is 14.9 Å². The highest BCUT2D eigenvalue weighted by molar-refractivity contribution is 9.10. The number of hydrazone groups is 1. The number of amides is 1. The molecule has 0 saturated carbocycles. The number of carbonyl (C=O) groups excluding carboxylic acids is 1. The first-order valence-electron chi connectivity index (χ1n) is 8.04. The predicted molar refractivity (Wildman–Crippen MR) is 108 cm³/mol. The summed E-state index contributed by atoms with van der Waals surface area (Å²) >= 11 is 9.61. The van der Waals surface area contributed by atoms with E-state index in [4.69, 9.17) is 25.5 Å². The van der Waals surface area contributed by atoms with Gasteiger partial charge in [0.25, 0.3) is 0 Å². The van der Waals surface area contributed by atoms with Gasteiger partial charge in [-0.15, -0.1) is 0 Å². The van der Waals surface area contributed by atoms with Crippen molar-refractivity contribution in [3.05, 3.63) is 57.2 Å². The Hall–Kier alpha value is -2.51. The van der Waals surface area contributed by atoms with Crippen LogP contribution in [0.4, 0.5) is 0 Å². The summed E-state index contributed by atoms with van der Waals surface area (Å²) in [5, 5.41) is 5.18. The van der Waals surface area contributed by atoms with E-state index in [2.05, 4.69) is 26.5 Å². The molecule has 1 amide bonds. The Morgan fingerprint density at radius 2 is 2.11 bits per heavy atom. The number of ether oxygens (including phenoxy) is 2. The highest BCUT2D eigenvalue weighted by Crippen LogP contribution is 2.32. The first-order valence-corrected chi connectivity index (χ1v) is 9.21. The summed E-state index contributed by atoms with van der Waals surface area (Å²) in [5.74, 6) is 0.764. The van der Waals surface area contributed by atoms with Crippen molar-refractivity contribution in [3.8, 4) is 11.5 Å². The van der Waals surface area contributed by atoms with E-state index in [9.17, 15) is 4.79 Å². The summed E-state index contributed by atoms with van der Waals surface area (Å²) in [6, 6.07) is 10.5.